The van der Waals surface area contributed by atoms with E-state index in [1.54, 1.807) is 13.3 Å². The van der Waals surface area contributed by atoms with Crippen LogP contribution in [0.5, 0.6) is 0 Å². The molecule has 0 N–H and O–H groups in total. The van der Waals surface area contributed by atoms with E-state index in [9.17, 15) is 0 Å². The molecule has 0 bridgehead atoms. The number of nitrogens with zero attached hydrogens (tertiary/aromatic N) is 1. The Kier molecular flexibility index (Phi) is 5.83. The largest absolute Gasteiger partial charge is 0.454 e. The van der Waals surface area contributed by atoms with Crippen LogP contribution in [-0.4, -0.2) is 13.4 Å². The zero-order valence-electron chi connectivity index (χ0n) is 6.92. The average molecular weight is 141 g/mol. The lowest BCUT2D eigenvalue weighted by atomic mass is 10.2. The van der Waals surface area contributed by atoms with Crippen LogP contribution in [-0.2, 0) is 4.74 Å². The minimum absolute atomic E-state index is 1.09. The summed E-state index contributed by atoms with van der Waals surface area (Å²) in [6.45, 7) is 4.19. The van der Waals surface area contributed by atoms with Gasteiger partial charge in [0.25, 0.3) is 0 Å². The Balaban J connectivity index is 3.47. The molecule has 0 rings (SSSR count). The van der Waals surface area contributed by atoms with Gasteiger partial charge in [0.15, 0.2) is 6.40 Å². The summed E-state index contributed by atoms with van der Waals surface area (Å²) in [5, 5.41) is 0. The number of ether oxygens (including phenoxy) is 1. The van der Waals surface area contributed by atoms with Crippen molar-refractivity contribution in [3.05, 3.63) is 11.8 Å². The van der Waals surface area contributed by atoms with Gasteiger partial charge in [0.2, 0.25) is 0 Å². The van der Waals surface area contributed by atoms with E-state index >= 15 is 0 Å². The Morgan fingerprint density at radius 1 is 1.60 bits per heavy atom. The van der Waals surface area contributed by atoms with Crippen LogP contribution >= 0.6 is 0 Å². The Hall–Kier alpha value is -0.790. The Morgan fingerprint density at radius 2 is 2.30 bits per heavy atom. The zero-order valence-corrected chi connectivity index (χ0v) is 6.92. The van der Waals surface area contributed by atoms with Crippen LogP contribution < -0.4 is 0 Å². The molecule has 0 spiro atoms. The first-order chi connectivity index (χ1) is 4.81. The summed E-state index contributed by atoms with van der Waals surface area (Å²) in [4.78, 5) is 3.68. The molecule has 0 aliphatic carbocycles. The van der Waals surface area contributed by atoms with E-state index in [0.717, 1.165) is 12.8 Å². The van der Waals surface area contributed by atoms with Gasteiger partial charge in [0, 0.05) is 7.05 Å². The predicted octanol–water partition coefficient (Wildman–Crippen LogP) is 2.37. The van der Waals surface area contributed by atoms with Gasteiger partial charge in [-0.3, -0.25) is 4.99 Å². The van der Waals surface area contributed by atoms with E-state index in [1.165, 1.54) is 12.0 Å². The standard InChI is InChI=1S/C8H15NO/c1-4-5-8(2)6-10-7-9-3/h6-7H,4-5H2,1-3H3. The van der Waals surface area contributed by atoms with Crippen molar-refractivity contribution in [1.82, 2.24) is 0 Å². The van der Waals surface area contributed by atoms with E-state index in [4.69, 9.17) is 4.74 Å². The fourth-order valence-electron chi connectivity index (χ4n) is 0.661. The first-order valence-corrected chi connectivity index (χ1v) is 3.53. The average Bonchev–Trinajstić information content (AvgIpc) is 1.89. The van der Waals surface area contributed by atoms with E-state index in [-0.39, 0.29) is 0 Å². The number of hydrogen-bond acceptors (Lipinski definition) is 2. The molecular formula is C8H15NO. The van der Waals surface area contributed by atoms with Crippen molar-refractivity contribution in [2.45, 2.75) is 26.7 Å². The molecule has 0 aliphatic rings. The molecule has 0 aromatic heterocycles. The quantitative estimate of drug-likeness (QED) is 0.334. The van der Waals surface area contributed by atoms with Crippen molar-refractivity contribution >= 4 is 6.40 Å². The minimum atomic E-state index is 1.09. The molecule has 0 aliphatic heterocycles. The number of hydrogen-bond donors (Lipinski definition) is 0. The van der Waals surface area contributed by atoms with E-state index in [1.807, 2.05) is 6.92 Å². The summed E-state index contributed by atoms with van der Waals surface area (Å²) < 4.78 is 4.94. The monoisotopic (exact) mass is 141 g/mol. The highest BCUT2D eigenvalue weighted by molar-refractivity contribution is 5.46. The third kappa shape index (κ3) is 5.35. The maximum atomic E-state index is 4.94. The van der Waals surface area contributed by atoms with E-state index in [0.29, 0.717) is 0 Å². The summed E-state index contributed by atoms with van der Waals surface area (Å²) in [5.74, 6) is 0. The number of allylic oxidation sites excluding steroid dienone is 1. The smallest absolute Gasteiger partial charge is 0.175 e. The molecule has 0 unspecified atom stereocenters. The van der Waals surface area contributed by atoms with Crippen molar-refractivity contribution in [2.24, 2.45) is 4.99 Å². The predicted molar refractivity (Wildman–Crippen MR) is 44.2 cm³/mol. The second-order valence-electron chi connectivity index (χ2n) is 2.21. The summed E-state index contributed by atoms with van der Waals surface area (Å²) in [7, 11) is 1.68. The van der Waals surface area contributed by atoms with Crippen LogP contribution in [0.4, 0.5) is 0 Å². The van der Waals surface area contributed by atoms with Crippen LogP contribution in [0.25, 0.3) is 0 Å². The van der Waals surface area contributed by atoms with Gasteiger partial charge >= 0.3 is 0 Å². The molecule has 0 amide bonds. The second-order valence-corrected chi connectivity index (χ2v) is 2.21. The van der Waals surface area contributed by atoms with Crippen molar-refractivity contribution in [1.29, 1.82) is 0 Å². The van der Waals surface area contributed by atoms with Crippen LogP contribution in [0, 0.1) is 0 Å². The molecular weight excluding hydrogens is 126 g/mol. The highest BCUT2D eigenvalue weighted by Gasteiger charge is 1.84. The Bertz CT molecular complexity index is 127. The normalized spacial score (nSPS) is 12.5. The lowest BCUT2D eigenvalue weighted by molar-refractivity contribution is 0.483. The SMILES string of the molecule is CCCC(C)=COC=NC. The van der Waals surface area contributed by atoms with Crippen molar-refractivity contribution in [3.63, 3.8) is 0 Å². The molecule has 0 saturated heterocycles. The summed E-state index contributed by atoms with van der Waals surface area (Å²) >= 11 is 0. The third-order valence-corrected chi connectivity index (χ3v) is 1.08. The topological polar surface area (TPSA) is 21.6 Å². The summed E-state index contributed by atoms with van der Waals surface area (Å²) in [6.07, 6.45) is 5.42. The van der Waals surface area contributed by atoms with Crippen molar-refractivity contribution in [3.8, 4) is 0 Å². The fourth-order valence-corrected chi connectivity index (χ4v) is 0.661. The Labute approximate surface area is 62.6 Å². The highest BCUT2D eigenvalue weighted by atomic mass is 16.5. The van der Waals surface area contributed by atoms with Gasteiger partial charge in [-0.25, -0.2) is 0 Å². The lowest BCUT2D eigenvalue weighted by Crippen LogP contribution is -1.80. The minimum Gasteiger partial charge on any atom is -0.454 e. The van der Waals surface area contributed by atoms with Crippen LogP contribution in [0.3, 0.4) is 0 Å². The molecule has 0 heterocycles. The van der Waals surface area contributed by atoms with Crippen LogP contribution in [0.15, 0.2) is 16.8 Å². The van der Waals surface area contributed by atoms with Gasteiger partial charge in [0.05, 0.1) is 6.26 Å². The first kappa shape index (κ1) is 9.21. The van der Waals surface area contributed by atoms with Gasteiger partial charge < -0.3 is 4.74 Å². The second kappa shape index (κ2) is 6.33. The van der Waals surface area contributed by atoms with Gasteiger partial charge in [0.1, 0.15) is 0 Å². The van der Waals surface area contributed by atoms with Gasteiger partial charge in [-0.05, 0) is 18.9 Å². The molecule has 0 radical (unpaired) electrons. The van der Waals surface area contributed by atoms with Gasteiger partial charge in [-0.15, -0.1) is 0 Å². The molecule has 0 saturated carbocycles. The molecule has 0 atom stereocenters. The molecule has 10 heavy (non-hydrogen) atoms. The Morgan fingerprint density at radius 3 is 2.80 bits per heavy atom. The molecule has 2 heteroatoms. The van der Waals surface area contributed by atoms with Crippen molar-refractivity contribution < 1.29 is 4.74 Å². The first-order valence-electron chi connectivity index (χ1n) is 3.53. The molecule has 0 aromatic rings. The van der Waals surface area contributed by atoms with Crippen molar-refractivity contribution in [2.75, 3.05) is 7.05 Å². The number of aliphatic imine (C=N–C) groups is 1. The molecule has 0 fully saturated rings. The lowest BCUT2D eigenvalue weighted by Gasteiger charge is -1.95. The maximum absolute atomic E-state index is 4.94. The van der Waals surface area contributed by atoms with Crippen LogP contribution in [0.1, 0.15) is 26.7 Å². The van der Waals surface area contributed by atoms with Gasteiger partial charge in [-0.2, -0.15) is 0 Å². The summed E-state index contributed by atoms with van der Waals surface area (Å²) in [5.41, 5.74) is 1.25. The van der Waals surface area contributed by atoms with Gasteiger partial charge in [-0.1, -0.05) is 13.3 Å². The maximum Gasteiger partial charge on any atom is 0.175 e. The molecule has 2 nitrogen and oxygen atoms in total. The number of rotatable bonds is 4. The third-order valence-electron chi connectivity index (χ3n) is 1.08. The molecule has 58 valence electrons. The fraction of sp³-hybridized carbons (Fsp3) is 0.625. The molecule has 0 aromatic carbocycles. The highest BCUT2D eigenvalue weighted by Crippen LogP contribution is 2.01. The zero-order chi connectivity index (χ0) is 7.82. The van der Waals surface area contributed by atoms with E-state index < -0.39 is 0 Å². The van der Waals surface area contributed by atoms with Crippen LogP contribution in [0.2, 0.25) is 0 Å². The van der Waals surface area contributed by atoms with E-state index in [2.05, 4.69) is 11.9 Å². The summed E-state index contributed by atoms with van der Waals surface area (Å²) in [6, 6.07) is 0.